The summed E-state index contributed by atoms with van der Waals surface area (Å²) in [6.07, 6.45) is 0.302. The van der Waals surface area contributed by atoms with E-state index < -0.39 is 23.8 Å². The number of carbonyl (C=O) groups is 3. The van der Waals surface area contributed by atoms with Crippen molar-refractivity contribution in [3.8, 4) is 0 Å². The number of rotatable bonds is 6. The number of nitrogens with one attached hydrogen (secondary N) is 3. The molecule has 0 aliphatic carbocycles. The summed E-state index contributed by atoms with van der Waals surface area (Å²) in [5.41, 5.74) is 4.43. The number of halogens is 2. The van der Waals surface area contributed by atoms with Gasteiger partial charge in [-0.1, -0.05) is 0 Å². The molecule has 3 heterocycles. The molecule has 2 fully saturated rings. The highest BCUT2D eigenvalue weighted by atomic mass is 32.1. The normalized spacial score (nSPS) is 18.3. The maximum atomic E-state index is 15.1. The van der Waals surface area contributed by atoms with Crippen LogP contribution >= 0.6 is 11.3 Å². The monoisotopic (exact) mass is 509 g/mol. The van der Waals surface area contributed by atoms with Gasteiger partial charge >= 0.3 is 12.1 Å². The van der Waals surface area contributed by atoms with E-state index in [0.29, 0.717) is 6.54 Å². The standard InChI is InChI=1S/C21H25F2N7O4S/c1-13(31)25-8-15-11-29(21(33)34-15)14-6-17(22)19(18(23)7-14)28-3-2-27-30(5-4-28)20(32)26-10-16-9-24-12-35-16/h6-7,9,12,15,27H,2-5,8,10-11H2,1H3,(H,25,31)(H,26,32)/t15-/m0/s1. The fourth-order valence-electron chi connectivity index (χ4n) is 3.82. The van der Waals surface area contributed by atoms with Gasteiger partial charge in [-0.2, -0.15) is 0 Å². The molecule has 0 radical (unpaired) electrons. The molecule has 1 atom stereocenters. The molecule has 4 rings (SSSR count). The van der Waals surface area contributed by atoms with Gasteiger partial charge in [0, 0.05) is 49.8 Å². The Morgan fingerprint density at radius 2 is 2.00 bits per heavy atom. The highest BCUT2D eigenvalue weighted by Gasteiger charge is 2.34. The van der Waals surface area contributed by atoms with E-state index in [-0.39, 0.29) is 62.6 Å². The van der Waals surface area contributed by atoms with Crippen LogP contribution in [-0.2, 0) is 16.1 Å². The molecule has 0 saturated carbocycles. The number of anilines is 2. The second-order valence-corrected chi connectivity index (χ2v) is 8.96. The summed E-state index contributed by atoms with van der Waals surface area (Å²) in [6.45, 7) is 2.77. The first kappa shape index (κ1) is 24.6. The Labute approximate surface area is 204 Å². The van der Waals surface area contributed by atoms with Gasteiger partial charge in [-0.15, -0.1) is 11.3 Å². The Balaban J connectivity index is 1.39. The number of cyclic esters (lactones) is 1. The first-order chi connectivity index (χ1) is 16.8. The van der Waals surface area contributed by atoms with Crippen LogP contribution in [0.5, 0.6) is 0 Å². The smallest absolute Gasteiger partial charge is 0.414 e. The number of nitrogens with zero attached hydrogens (tertiary/aromatic N) is 4. The number of urea groups is 1. The minimum absolute atomic E-state index is 0.0242. The lowest BCUT2D eigenvalue weighted by Crippen LogP contribution is -2.48. The van der Waals surface area contributed by atoms with Gasteiger partial charge in [-0.25, -0.2) is 23.8 Å². The van der Waals surface area contributed by atoms with E-state index in [9.17, 15) is 14.4 Å². The number of hydrogen-bond acceptors (Lipinski definition) is 8. The quantitative estimate of drug-likeness (QED) is 0.539. The third-order valence-electron chi connectivity index (χ3n) is 5.50. The second-order valence-electron chi connectivity index (χ2n) is 7.98. The first-order valence-corrected chi connectivity index (χ1v) is 11.8. The molecule has 2 aromatic rings. The van der Waals surface area contributed by atoms with Crippen molar-refractivity contribution in [2.45, 2.75) is 19.6 Å². The number of amides is 4. The van der Waals surface area contributed by atoms with E-state index in [2.05, 4.69) is 21.0 Å². The molecule has 4 amide bonds. The maximum Gasteiger partial charge on any atom is 0.414 e. The summed E-state index contributed by atoms with van der Waals surface area (Å²) >= 11 is 1.43. The second kappa shape index (κ2) is 10.8. The summed E-state index contributed by atoms with van der Waals surface area (Å²) < 4.78 is 35.3. The largest absolute Gasteiger partial charge is 0.442 e. The Hall–Kier alpha value is -3.52. The number of benzene rings is 1. The predicted octanol–water partition coefficient (Wildman–Crippen LogP) is 1.42. The third kappa shape index (κ3) is 5.95. The van der Waals surface area contributed by atoms with Crippen LogP contribution in [0, 0.1) is 11.6 Å². The van der Waals surface area contributed by atoms with Crippen molar-refractivity contribution in [2.75, 3.05) is 49.1 Å². The topological polar surface area (TPSA) is 119 Å². The lowest BCUT2D eigenvalue weighted by molar-refractivity contribution is -0.119. The minimum Gasteiger partial charge on any atom is -0.442 e. The zero-order chi connectivity index (χ0) is 24.9. The Bertz CT molecular complexity index is 1060. The van der Waals surface area contributed by atoms with Crippen molar-refractivity contribution in [1.82, 2.24) is 26.1 Å². The molecule has 2 aliphatic heterocycles. The lowest BCUT2D eigenvalue weighted by atomic mass is 10.2. The van der Waals surface area contributed by atoms with Crippen LogP contribution in [0.4, 0.5) is 29.7 Å². The van der Waals surface area contributed by atoms with Gasteiger partial charge in [0.2, 0.25) is 5.91 Å². The van der Waals surface area contributed by atoms with E-state index in [4.69, 9.17) is 4.74 Å². The number of aromatic nitrogens is 1. The van der Waals surface area contributed by atoms with Crippen molar-refractivity contribution in [1.29, 1.82) is 0 Å². The summed E-state index contributed by atoms with van der Waals surface area (Å²) in [5, 5.41) is 6.70. The van der Waals surface area contributed by atoms with Gasteiger partial charge in [-0.3, -0.25) is 19.7 Å². The molecule has 0 spiro atoms. The molecule has 0 bridgehead atoms. The number of carbonyl (C=O) groups excluding carboxylic acids is 3. The molecule has 3 N–H and O–H groups in total. The van der Waals surface area contributed by atoms with Crippen LogP contribution in [-0.4, -0.2) is 73.4 Å². The van der Waals surface area contributed by atoms with Crippen molar-refractivity contribution in [3.63, 3.8) is 0 Å². The molecule has 1 aromatic carbocycles. The summed E-state index contributed by atoms with van der Waals surface area (Å²) in [4.78, 5) is 43.2. The molecular formula is C21H25F2N7O4S. The fourth-order valence-corrected chi connectivity index (χ4v) is 4.36. The van der Waals surface area contributed by atoms with E-state index in [1.165, 1.54) is 28.2 Å². The lowest BCUT2D eigenvalue weighted by Gasteiger charge is -2.25. The van der Waals surface area contributed by atoms with Crippen molar-refractivity contribution in [3.05, 3.63) is 40.4 Å². The van der Waals surface area contributed by atoms with Crippen molar-refractivity contribution < 1.29 is 27.9 Å². The fraction of sp³-hybridized carbons (Fsp3) is 0.429. The van der Waals surface area contributed by atoms with Crippen LogP contribution in [0.15, 0.2) is 23.8 Å². The first-order valence-electron chi connectivity index (χ1n) is 10.9. The number of ether oxygens (including phenoxy) is 1. The number of hydrazine groups is 1. The summed E-state index contributed by atoms with van der Waals surface area (Å²) in [7, 11) is 0. The van der Waals surface area contributed by atoms with Crippen molar-refractivity contribution >= 4 is 40.7 Å². The van der Waals surface area contributed by atoms with Crippen LogP contribution in [0.2, 0.25) is 0 Å². The molecule has 1 aromatic heterocycles. The molecule has 35 heavy (non-hydrogen) atoms. The van der Waals surface area contributed by atoms with Gasteiger partial charge in [-0.05, 0) is 0 Å². The summed E-state index contributed by atoms with van der Waals surface area (Å²) in [6, 6.07) is 1.81. The Morgan fingerprint density at radius 1 is 1.23 bits per heavy atom. The SMILES string of the molecule is CC(=O)NC[C@H]1CN(c2cc(F)c(N3CCNN(C(=O)NCc4cncs4)CC3)c(F)c2)C(=O)O1. The van der Waals surface area contributed by atoms with Crippen molar-refractivity contribution in [2.24, 2.45) is 0 Å². The average Bonchev–Trinajstić information content (AvgIpc) is 3.39. The number of thiazole rings is 1. The van der Waals surface area contributed by atoms with Gasteiger partial charge in [0.15, 0.2) is 11.6 Å². The Kier molecular flexibility index (Phi) is 7.60. The zero-order valence-electron chi connectivity index (χ0n) is 18.9. The molecular weight excluding hydrogens is 484 g/mol. The van der Waals surface area contributed by atoms with Crippen LogP contribution in [0.25, 0.3) is 0 Å². The molecule has 2 saturated heterocycles. The van der Waals surface area contributed by atoms with Gasteiger partial charge < -0.3 is 20.3 Å². The van der Waals surface area contributed by atoms with E-state index in [0.717, 1.165) is 21.9 Å². The third-order valence-corrected chi connectivity index (χ3v) is 6.28. The zero-order valence-corrected chi connectivity index (χ0v) is 19.7. The number of hydrogen-bond donors (Lipinski definition) is 3. The van der Waals surface area contributed by atoms with Crippen LogP contribution in [0.3, 0.4) is 0 Å². The van der Waals surface area contributed by atoms with E-state index >= 15 is 8.78 Å². The van der Waals surface area contributed by atoms with E-state index in [1.54, 1.807) is 11.7 Å². The molecule has 14 heteroatoms. The highest BCUT2D eigenvalue weighted by Crippen LogP contribution is 2.31. The Morgan fingerprint density at radius 3 is 2.69 bits per heavy atom. The highest BCUT2D eigenvalue weighted by molar-refractivity contribution is 7.09. The van der Waals surface area contributed by atoms with Gasteiger partial charge in [0.05, 0.1) is 37.4 Å². The predicted molar refractivity (Wildman–Crippen MR) is 124 cm³/mol. The average molecular weight is 510 g/mol. The van der Waals surface area contributed by atoms with Gasteiger partial charge in [0.25, 0.3) is 0 Å². The molecule has 0 unspecified atom stereocenters. The van der Waals surface area contributed by atoms with Crippen LogP contribution in [0.1, 0.15) is 11.8 Å². The summed E-state index contributed by atoms with van der Waals surface area (Å²) in [5.74, 6) is -1.94. The molecule has 188 valence electrons. The van der Waals surface area contributed by atoms with E-state index in [1.807, 2.05) is 0 Å². The maximum absolute atomic E-state index is 15.1. The molecule has 2 aliphatic rings. The minimum atomic E-state index is -0.832. The molecule has 11 nitrogen and oxygen atoms in total. The van der Waals surface area contributed by atoms with Crippen LogP contribution < -0.4 is 25.9 Å². The van der Waals surface area contributed by atoms with Gasteiger partial charge in [0.1, 0.15) is 11.8 Å².